The second kappa shape index (κ2) is 11.6. The molecule has 3 aromatic carbocycles. The van der Waals surface area contributed by atoms with E-state index in [1.165, 1.54) is 16.7 Å². The molecule has 0 saturated heterocycles. The minimum atomic E-state index is -1.03. The summed E-state index contributed by atoms with van der Waals surface area (Å²) in [4.78, 5) is 16.9. The largest absolute Gasteiger partial charge is 0.493 e. The third-order valence-electron chi connectivity index (χ3n) is 9.36. The summed E-state index contributed by atoms with van der Waals surface area (Å²) in [5.41, 5.74) is 3.71. The number of carboxylic acids is 1. The number of benzene rings is 3. The molecule has 1 aromatic heterocycles. The average Bonchev–Trinajstić information content (AvgIpc) is 3.30. The van der Waals surface area contributed by atoms with Crippen molar-refractivity contribution in [3.8, 4) is 5.75 Å². The lowest BCUT2D eigenvalue weighted by atomic mass is 9.59. The third kappa shape index (κ3) is 5.56. The topological polar surface area (TPSA) is 71.5 Å². The van der Waals surface area contributed by atoms with E-state index in [0.29, 0.717) is 30.4 Å². The van der Waals surface area contributed by atoms with Crippen LogP contribution in [0, 0.1) is 5.92 Å². The Hall–Kier alpha value is -3.83. The predicted molar refractivity (Wildman–Crippen MR) is 163 cm³/mol. The van der Waals surface area contributed by atoms with Crippen LogP contribution in [0.25, 0.3) is 0 Å². The normalized spacial score (nSPS) is 24.0. The van der Waals surface area contributed by atoms with Gasteiger partial charge in [0.25, 0.3) is 0 Å². The molecule has 0 amide bonds. The Balaban J connectivity index is 1.28. The maximum absolute atomic E-state index is 12.8. The van der Waals surface area contributed by atoms with Crippen molar-refractivity contribution in [3.63, 3.8) is 0 Å². The Kier molecular flexibility index (Phi) is 7.72. The molecule has 5 nitrogen and oxygen atoms in total. The number of carbonyl (C=O) groups is 1. The van der Waals surface area contributed by atoms with Crippen molar-refractivity contribution >= 4 is 23.3 Å². The van der Waals surface area contributed by atoms with Gasteiger partial charge >= 0.3 is 5.97 Å². The van der Waals surface area contributed by atoms with Crippen molar-refractivity contribution in [1.82, 2.24) is 4.98 Å². The SMILES string of the molecule is O=C(O)C1(Nc2cccc(Cl)c2)CCC2(CC1)c1ccccc1C[C@H]2C[C@@H](COc1ccncc1)c1ccccc1. The predicted octanol–water partition coefficient (Wildman–Crippen LogP) is 7.91. The van der Waals surface area contributed by atoms with Crippen LogP contribution in [0.5, 0.6) is 5.75 Å². The molecule has 0 bridgehead atoms. The van der Waals surface area contributed by atoms with E-state index in [1.54, 1.807) is 24.5 Å². The lowest BCUT2D eigenvalue weighted by Gasteiger charge is -2.47. The minimum absolute atomic E-state index is 0.0742. The number of fused-ring (bicyclic) bond motifs is 2. The molecule has 0 radical (unpaired) electrons. The van der Waals surface area contributed by atoms with Crippen LogP contribution in [0.1, 0.15) is 54.7 Å². The van der Waals surface area contributed by atoms with E-state index in [4.69, 9.17) is 16.3 Å². The quantitative estimate of drug-likeness (QED) is 0.215. The summed E-state index contributed by atoms with van der Waals surface area (Å²) in [6.07, 6.45) is 8.17. The molecule has 41 heavy (non-hydrogen) atoms. The van der Waals surface area contributed by atoms with Gasteiger partial charge in [-0.3, -0.25) is 4.98 Å². The number of hydrogen-bond acceptors (Lipinski definition) is 4. The van der Waals surface area contributed by atoms with E-state index in [9.17, 15) is 9.90 Å². The number of hydrogen-bond donors (Lipinski definition) is 2. The van der Waals surface area contributed by atoms with Crippen molar-refractivity contribution in [1.29, 1.82) is 0 Å². The number of halogens is 1. The van der Waals surface area contributed by atoms with Gasteiger partial charge in [-0.1, -0.05) is 72.3 Å². The summed E-state index contributed by atoms with van der Waals surface area (Å²) in [5, 5.41) is 14.4. The summed E-state index contributed by atoms with van der Waals surface area (Å²) in [6, 6.07) is 30.6. The standard InChI is InChI=1S/C35H35ClN2O3/c36-29-10-6-11-30(23-29)38-35(33(39)40)17-15-34(16-18-35)28(21-26-9-4-5-12-32(26)34)22-27(25-7-2-1-3-8-25)24-41-31-13-19-37-20-14-31/h1-14,19-20,23,27-28,38H,15-18,21-22,24H2,(H,39,40)/t27-,28-,34?,35?/m0/s1. The highest BCUT2D eigenvalue weighted by atomic mass is 35.5. The first kappa shape index (κ1) is 27.3. The van der Waals surface area contributed by atoms with Crippen LogP contribution in [0.3, 0.4) is 0 Å². The first-order chi connectivity index (χ1) is 20.0. The van der Waals surface area contributed by atoms with Crippen molar-refractivity contribution in [3.05, 3.63) is 125 Å². The monoisotopic (exact) mass is 566 g/mol. The first-order valence-corrected chi connectivity index (χ1v) is 14.8. The molecule has 0 unspecified atom stereocenters. The average molecular weight is 567 g/mol. The van der Waals surface area contributed by atoms with Gasteiger partial charge in [-0.2, -0.15) is 0 Å². The van der Waals surface area contributed by atoms with Gasteiger partial charge in [0, 0.05) is 29.0 Å². The van der Waals surface area contributed by atoms with Crippen molar-refractivity contribution in [2.24, 2.45) is 5.92 Å². The zero-order valence-corrected chi connectivity index (χ0v) is 23.8. The van der Waals surface area contributed by atoms with Crippen molar-refractivity contribution in [2.45, 2.75) is 55.4 Å². The Morgan fingerprint density at radius 3 is 2.41 bits per heavy atom. The molecule has 2 aliphatic rings. The van der Waals surface area contributed by atoms with Crippen molar-refractivity contribution < 1.29 is 14.6 Å². The second-order valence-corrected chi connectivity index (χ2v) is 12.0. The van der Waals surface area contributed by atoms with Crippen LogP contribution in [-0.4, -0.2) is 28.2 Å². The Morgan fingerprint density at radius 2 is 1.68 bits per heavy atom. The molecule has 1 fully saturated rings. The molecule has 6 heteroatoms. The zero-order chi connectivity index (χ0) is 28.3. The summed E-state index contributed by atoms with van der Waals surface area (Å²) in [7, 11) is 0. The number of nitrogens with zero attached hydrogens (tertiary/aromatic N) is 1. The van der Waals surface area contributed by atoms with Gasteiger partial charge < -0.3 is 15.2 Å². The summed E-state index contributed by atoms with van der Waals surface area (Å²) >= 11 is 6.22. The maximum atomic E-state index is 12.8. The van der Waals surface area contributed by atoms with Crippen LogP contribution in [-0.2, 0) is 16.6 Å². The Labute approximate surface area is 246 Å². The number of pyridine rings is 1. The fourth-order valence-electron chi connectivity index (χ4n) is 7.21. The molecular formula is C35H35ClN2O3. The number of aliphatic carboxylic acids is 1. The first-order valence-electron chi connectivity index (χ1n) is 14.4. The van der Waals surface area contributed by atoms with Crippen LogP contribution in [0.4, 0.5) is 5.69 Å². The van der Waals surface area contributed by atoms with Crippen LogP contribution >= 0.6 is 11.6 Å². The molecule has 1 heterocycles. The van der Waals surface area contributed by atoms with Crippen LogP contribution in [0.2, 0.25) is 5.02 Å². The smallest absolute Gasteiger partial charge is 0.329 e. The molecule has 1 spiro atoms. The van der Waals surface area contributed by atoms with Crippen molar-refractivity contribution in [2.75, 3.05) is 11.9 Å². The van der Waals surface area contributed by atoms with Gasteiger partial charge in [0.1, 0.15) is 11.3 Å². The number of aromatic nitrogens is 1. The number of carboxylic acid groups (broad SMARTS) is 1. The molecule has 4 aromatic rings. The molecular weight excluding hydrogens is 532 g/mol. The third-order valence-corrected chi connectivity index (χ3v) is 9.59. The van der Waals surface area contributed by atoms with Gasteiger partial charge in [0.15, 0.2) is 0 Å². The highest BCUT2D eigenvalue weighted by molar-refractivity contribution is 6.30. The fraction of sp³-hybridized carbons (Fsp3) is 0.314. The number of rotatable bonds is 9. The molecule has 6 rings (SSSR count). The second-order valence-electron chi connectivity index (χ2n) is 11.6. The molecule has 0 aliphatic heterocycles. The highest BCUT2D eigenvalue weighted by Crippen LogP contribution is 2.56. The lowest BCUT2D eigenvalue weighted by molar-refractivity contribution is -0.144. The summed E-state index contributed by atoms with van der Waals surface area (Å²) in [6.45, 7) is 0.576. The van der Waals surface area contributed by atoms with E-state index in [-0.39, 0.29) is 11.3 Å². The lowest BCUT2D eigenvalue weighted by Crippen LogP contribution is -2.53. The van der Waals surface area contributed by atoms with Gasteiger partial charge in [-0.15, -0.1) is 0 Å². The molecule has 2 atom stereocenters. The van der Waals surface area contributed by atoms with Gasteiger partial charge in [-0.05, 0) is 96.9 Å². The van der Waals surface area contributed by atoms with Gasteiger partial charge in [0.05, 0.1) is 6.61 Å². The molecule has 210 valence electrons. The number of nitrogens with one attached hydrogen (secondary N) is 1. The highest BCUT2D eigenvalue weighted by Gasteiger charge is 2.54. The minimum Gasteiger partial charge on any atom is -0.493 e. The van der Waals surface area contributed by atoms with Gasteiger partial charge in [-0.25, -0.2) is 4.79 Å². The maximum Gasteiger partial charge on any atom is 0.329 e. The van der Waals surface area contributed by atoms with E-state index >= 15 is 0 Å². The zero-order valence-electron chi connectivity index (χ0n) is 23.0. The Bertz CT molecular complexity index is 1490. The Morgan fingerprint density at radius 1 is 0.951 bits per heavy atom. The van der Waals surface area contributed by atoms with E-state index in [1.807, 2.05) is 24.3 Å². The van der Waals surface area contributed by atoms with E-state index in [2.05, 4.69) is 64.9 Å². The van der Waals surface area contributed by atoms with Crippen LogP contribution < -0.4 is 10.1 Å². The van der Waals surface area contributed by atoms with Crippen LogP contribution in [0.15, 0.2) is 103 Å². The summed E-state index contributed by atoms with van der Waals surface area (Å²) in [5.74, 6) is 0.602. The van der Waals surface area contributed by atoms with E-state index in [0.717, 1.165) is 37.1 Å². The molecule has 2 N–H and O–H groups in total. The number of ether oxygens (including phenoxy) is 1. The molecule has 2 aliphatic carbocycles. The van der Waals surface area contributed by atoms with Gasteiger partial charge in [0.2, 0.25) is 0 Å². The summed E-state index contributed by atoms with van der Waals surface area (Å²) < 4.78 is 6.29. The molecule has 1 saturated carbocycles. The fourth-order valence-corrected chi connectivity index (χ4v) is 7.40. The number of anilines is 1. The van der Waals surface area contributed by atoms with E-state index < -0.39 is 11.5 Å².